The molecule has 1 aromatic carbocycles. The summed E-state index contributed by atoms with van der Waals surface area (Å²) in [6.07, 6.45) is 6.01. The monoisotopic (exact) mass is 409 g/mol. The summed E-state index contributed by atoms with van der Waals surface area (Å²) < 4.78 is 5.58. The number of hydrogen-bond acceptors (Lipinski definition) is 4. The number of ether oxygens (including phenoxy) is 1. The highest BCUT2D eigenvalue weighted by Crippen LogP contribution is 2.14. The maximum Gasteiger partial charge on any atom is 0.213 e. The van der Waals surface area contributed by atoms with Gasteiger partial charge < -0.3 is 15.4 Å². The zero-order chi connectivity index (χ0) is 21.2. The van der Waals surface area contributed by atoms with Crippen LogP contribution in [0.2, 0.25) is 0 Å². The number of benzene rings is 1. The lowest BCUT2D eigenvalue weighted by molar-refractivity contribution is 0.221. The van der Waals surface area contributed by atoms with Gasteiger partial charge in [0.05, 0.1) is 6.10 Å². The first-order valence-corrected chi connectivity index (χ1v) is 11.0. The van der Waals surface area contributed by atoms with E-state index < -0.39 is 0 Å². The Morgan fingerprint density at radius 2 is 1.60 bits per heavy atom. The Balaban J connectivity index is 1.42. The van der Waals surface area contributed by atoms with Crippen LogP contribution in [0.3, 0.4) is 0 Å². The Morgan fingerprint density at radius 3 is 2.20 bits per heavy atom. The van der Waals surface area contributed by atoms with Crippen LogP contribution in [0.5, 0.6) is 5.88 Å². The summed E-state index contributed by atoms with van der Waals surface area (Å²) in [5.41, 5.74) is 3.72. The van der Waals surface area contributed by atoms with Gasteiger partial charge in [0.25, 0.3) is 0 Å². The molecule has 6 heteroatoms. The number of rotatable bonds is 8. The maximum atomic E-state index is 5.58. The van der Waals surface area contributed by atoms with E-state index in [2.05, 4.69) is 49.8 Å². The Kier molecular flexibility index (Phi) is 8.51. The number of nitrogens with one attached hydrogen (secondary N) is 2. The molecular formula is C24H35N5O. The van der Waals surface area contributed by atoms with E-state index in [0.717, 1.165) is 24.6 Å². The fraction of sp³-hybridized carbons (Fsp3) is 0.500. The highest BCUT2D eigenvalue weighted by atomic mass is 16.5. The summed E-state index contributed by atoms with van der Waals surface area (Å²) in [5.74, 6) is 1.43. The molecule has 2 aromatic rings. The molecule has 1 fully saturated rings. The van der Waals surface area contributed by atoms with Crippen molar-refractivity contribution >= 4 is 5.96 Å². The summed E-state index contributed by atoms with van der Waals surface area (Å²) in [7, 11) is 1.79. The lowest BCUT2D eigenvalue weighted by atomic mass is 10.1. The summed E-state index contributed by atoms with van der Waals surface area (Å²) in [6.45, 7) is 8.91. The molecular weight excluding hydrogens is 374 g/mol. The molecule has 3 rings (SSSR count). The SMILES string of the molecule is CN=C(NCc1ccc(CN2CCCCC2)cc1)NCc1ccc(OC(C)C)nc1. The smallest absolute Gasteiger partial charge is 0.213 e. The number of piperidine rings is 1. The first kappa shape index (κ1) is 22.1. The third-order valence-corrected chi connectivity index (χ3v) is 5.18. The normalized spacial score (nSPS) is 15.3. The van der Waals surface area contributed by atoms with Crippen LogP contribution >= 0.6 is 0 Å². The molecule has 1 aliphatic heterocycles. The second-order valence-electron chi connectivity index (χ2n) is 8.10. The van der Waals surface area contributed by atoms with E-state index in [1.165, 1.54) is 43.5 Å². The molecule has 0 amide bonds. The molecule has 162 valence electrons. The van der Waals surface area contributed by atoms with Crippen LogP contribution < -0.4 is 15.4 Å². The lowest BCUT2D eigenvalue weighted by Gasteiger charge is -2.26. The second kappa shape index (κ2) is 11.6. The van der Waals surface area contributed by atoms with Gasteiger partial charge in [0.2, 0.25) is 5.88 Å². The number of aromatic nitrogens is 1. The topological polar surface area (TPSA) is 61.8 Å². The first-order chi connectivity index (χ1) is 14.6. The molecule has 1 aliphatic rings. The maximum absolute atomic E-state index is 5.58. The van der Waals surface area contributed by atoms with Crippen molar-refractivity contribution in [2.24, 2.45) is 4.99 Å². The van der Waals surface area contributed by atoms with Gasteiger partial charge in [0.15, 0.2) is 5.96 Å². The second-order valence-corrected chi connectivity index (χ2v) is 8.10. The van der Waals surface area contributed by atoms with Gasteiger partial charge in [-0.2, -0.15) is 0 Å². The predicted molar refractivity (Wildman–Crippen MR) is 123 cm³/mol. The summed E-state index contributed by atoms with van der Waals surface area (Å²) in [5, 5.41) is 6.71. The molecule has 0 radical (unpaired) electrons. The third kappa shape index (κ3) is 7.34. The van der Waals surface area contributed by atoms with Gasteiger partial charge in [-0.05, 0) is 56.5 Å². The van der Waals surface area contributed by atoms with Crippen LogP contribution in [0.4, 0.5) is 0 Å². The lowest BCUT2D eigenvalue weighted by Crippen LogP contribution is -2.36. The van der Waals surface area contributed by atoms with Gasteiger partial charge in [-0.1, -0.05) is 36.8 Å². The van der Waals surface area contributed by atoms with Gasteiger partial charge in [-0.3, -0.25) is 9.89 Å². The Morgan fingerprint density at radius 1 is 0.967 bits per heavy atom. The number of hydrogen-bond donors (Lipinski definition) is 2. The molecule has 0 saturated carbocycles. The molecule has 6 nitrogen and oxygen atoms in total. The van der Waals surface area contributed by atoms with E-state index in [9.17, 15) is 0 Å². The van der Waals surface area contributed by atoms with Gasteiger partial charge in [-0.15, -0.1) is 0 Å². The van der Waals surface area contributed by atoms with Crippen molar-refractivity contribution in [1.82, 2.24) is 20.5 Å². The number of nitrogens with zero attached hydrogens (tertiary/aromatic N) is 3. The Labute approximate surface area is 180 Å². The fourth-order valence-corrected chi connectivity index (χ4v) is 3.56. The van der Waals surface area contributed by atoms with Crippen molar-refractivity contribution < 1.29 is 4.74 Å². The first-order valence-electron chi connectivity index (χ1n) is 11.0. The van der Waals surface area contributed by atoms with Crippen molar-refractivity contribution in [2.75, 3.05) is 20.1 Å². The number of guanidine groups is 1. The van der Waals surface area contributed by atoms with Crippen LogP contribution in [0.1, 0.15) is 49.8 Å². The zero-order valence-electron chi connectivity index (χ0n) is 18.5. The minimum Gasteiger partial charge on any atom is -0.475 e. The Hall–Kier alpha value is -2.60. The minimum atomic E-state index is 0.128. The van der Waals surface area contributed by atoms with Gasteiger partial charge in [-0.25, -0.2) is 4.98 Å². The van der Waals surface area contributed by atoms with Crippen LogP contribution in [0.15, 0.2) is 47.6 Å². The molecule has 0 bridgehead atoms. The number of likely N-dealkylation sites (tertiary alicyclic amines) is 1. The molecule has 0 atom stereocenters. The van der Waals surface area contributed by atoms with Crippen LogP contribution in [0, 0.1) is 0 Å². The van der Waals surface area contributed by atoms with E-state index >= 15 is 0 Å². The molecule has 0 unspecified atom stereocenters. The van der Waals surface area contributed by atoms with Crippen molar-refractivity contribution in [3.05, 3.63) is 59.3 Å². The molecule has 0 aliphatic carbocycles. The Bertz CT molecular complexity index is 780. The standard InChI is InChI=1S/C24H35N5O/c1-19(2)30-23-12-11-22(16-26-23)17-28-24(25-3)27-15-20-7-9-21(10-8-20)18-29-13-5-4-6-14-29/h7-12,16,19H,4-6,13-15,17-18H2,1-3H3,(H2,25,27,28). The van der Waals surface area contributed by atoms with Crippen molar-refractivity contribution in [1.29, 1.82) is 0 Å². The summed E-state index contributed by atoms with van der Waals surface area (Å²) in [4.78, 5) is 11.2. The number of pyridine rings is 1. The van der Waals surface area contributed by atoms with E-state index in [1.807, 2.05) is 32.2 Å². The molecule has 2 N–H and O–H groups in total. The quantitative estimate of drug-likeness (QED) is 0.514. The van der Waals surface area contributed by atoms with Gasteiger partial charge in [0, 0.05) is 38.9 Å². The molecule has 0 spiro atoms. The predicted octanol–water partition coefficient (Wildman–Crippen LogP) is 3.72. The van der Waals surface area contributed by atoms with E-state index in [0.29, 0.717) is 12.4 Å². The molecule has 30 heavy (non-hydrogen) atoms. The van der Waals surface area contributed by atoms with Gasteiger partial charge >= 0.3 is 0 Å². The fourth-order valence-electron chi connectivity index (χ4n) is 3.56. The van der Waals surface area contributed by atoms with Crippen molar-refractivity contribution in [3.8, 4) is 5.88 Å². The zero-order valence-corrected chi connectivity index (χ0v) is 18.5. The molecule has 2 heterocycles. The van der Waals surface area contributed by atoms with Crippen LogP contribution in [-0.2, 0) is 19.6 Å². The summed E-state index contributed by atoms with van der Waals surface area (Å²) in [6, 6.07) is 12.8. The van der Waals surface area contributed by atoms with Gasteiger partial charge in [0.1, 0.15) is 0 Å². The summed E-state index contributed by atoms with van der Waals surface area (Å²) >= 11 is 0. The van der Waals surface area contributed by atoms with Crippen molar-refractivity contribution in [3.63, 3.8) is 0 Å². The number of aliphatic imine (C=N–C) groups is 1. The highest BCUT2D eigenvalue weighted by molar-refractivity contribution is 5.79. The van der Waals surface area contributed by atoms with E-state index in [-0.39, 0.29) is 6.10 Å². The minimum absolute atomic E-state index is 0.128. The van der Waals surface area contributed by atoms with E-state index in [1.54, 1.807) is 7.05 Å². The third-order valence-electron chi connectivity index (χ3n) is 5.18. The molecule has 1 aromatic heterocycles. The highest BCUT2D eigenvalue weighted by Gasteiger charge is 2.10. The van der Waals surface area contributed by atoms with Crippen LogP contribution in [-0.4, -0.2) is 42.1 Å². The average molecular weight is 410 g/mol. The van der Waals surface area contributed by atoms with Crippen molar-refractivity contribution in [2.45, 2.75) is 58.8 Å². The average Bonchev–Trinajstić information content (AvgIpc) is 2.76. The van der Waals surface area contributed by atoms with E-state index in [4.69, 9.17) is 4.74 Å². The largest absolute Gasteiger partial charge is 0.475 e. The molecule has 1 saturated heterocycles. The van der Waals surface area contributed by atoms with Crippen LogP contribution in [0.25, 0.3) is 0 Å².